The van der Waals surface area contributed by atoms with Crippen LogP contribution in [0, 0.1) is 0 Å². The van der Waals surface area contributed by atoms with Crippen LogP contribution in [-0.4, -0.2) is 21.3 Å². The zero-order valence-corrected chi connectivity index (χ0v) is 6.09. The number of hydrogen-bond donors (Lipinski definition) is 3. The standard InChI is InChI=1S/C6H9N3O2/c1-2-3-4(7)5(6(10)11)9-8-3/h2,7H2,1H3,(H,8,9)(H,10,11). The predicted molar refractivity (Wildman–Crippen MR) is 39.3 cm³/mol. The van der Waals surface area contributed by atoms with Gasteiger partial charge in [0.1, 0.15) is 0 Å². The first kappa shape index (κ1) is 7.59. The molecule has 4 N–H and O–H groups in total. The maximum absolute atomic E-state index is 10.4. The molecule has 0 amide bonds. The van der Waals surface area contributed by atoms with Gasteiger partial charge in [0, 0.05) is 0 Å². The van der Waals surface area contributed by atoms with Crippen LogP contribution in [0.1, 0.15) is 23.1 Å². The van der Waals surface area contributed by atoms with Crippen LogP contribution in [0.4, 0.5) is 5.69 Å². The number of carbonyl (C=O) groups is 1. The highest BCUT2D eigenvalue weighted by molar-refractivity contribution is 5.91. The highest BCUT2D eigenvalue weighted by Gasteiger charge is 2.14. The lowest BCUT2D eigenvalue weighted by Crippen LogP contribution is -2.01. The third-order valence-electron chi connectivity index (χ3n) is 1.44. The van der Waals surface area contributed by atoms with Crippen LogP contribution in [0.25, 0.3) is 0 Å². The number of anilines is 1. The van der Waals surface area contributed by atoms with Gasteiger partial charge in [0.15, 0.2) is 5.69 Å². The average Bonchev–Trinajstić information content (AvgIpc) is 2.30. The number of nitrogens with one attached hydrogen (secondary N) is 1. The van der Waals surface area contributed by atoms with Crippen LogP contribution in [-0.2, 0) is 6.42 Å². The van der Waals surface area contributed by atoms with E-state index in [4.69, 9.17) is 10.8 Å². The van der Waals surface area contributed by atoms with Crippen LogP contribution in [0.5, 0.6) is 0 Å². The van der Waals surface area contributed by atoms with Crippen molar-refractivity contribution in [3.05, 3.63) is 11.4 Å². The number of nitrogens with zero attached hydrogens (tertiary/aromatic N) is 1. The molecule has 1 aromatic rings. The maximum atomic E-state index is 10.4. The summed E-state index contributed by atoms with van der Waals surface area (Å²) >= 11 is 0. The highest BCUT2D eigenvalue weighted by atomic mass is 16.4. The van der Waals surface area contributed by atoms with E-state index in [1.54, 1.807) is 0 Å². The van der Waals surface area contributed by atoms with E-state index >= 15 is 0 Å². The van der Waals surface area contributed by atoms with Gasteiger partial charge in [-0.1, -0.05) is 6.92 Å². The van der Waals surface area contributed by atoms with Crippen molar-refractivity contribution >= 4 is 11.7 Å². The number of carboxylic acids is 1. The molecule has 0 saturated carbocycles. The first-order chi connectivity index (χ1) is 5.16. The number of H-pyrrole nitrogens is 1. The minimum atomic E-state index is -1.10. The third kappa shape index (κ3) is 1.17. The van der Waals surface area contributed by atoms with Crippen molar-refractivity contribution in [1.82, 2.24) is 10.2 Å². The van der Waals surface area contributed by atoms with Gasteiger partial charge in [-0.05, 0) is 6.42 Å². The van der Waals surface area contributed by atoms with E-state index in [1.807, 2.05) is 6.92 Å². The first-order valence-electron chi connectivity index (χ1n) is 3.22. The molecule has 0 atom stereocenters. The van der Waals surface area contributed by atoms with Crippen molar-refractivity contribution in [2.75, 3.05) is 5.73 Å². The Balaban J connectivity index is 3.10. The summed E-state index contributed by atoms with van der Waals surface area (Å²) in [5.74, 6) is -1.10. The summed E-state index contributed by atoms with van der Waals surface area (Å²) in [5.41, 5.74) is 6.25. The zero-order valence-electron chi connectivity index (χ0n) is 6.09. The number of rotatable bonds is 2. The number of aryl methyl sites for hydroxylation is 1. The van der Waals surface area contributed by atoms with Crippen molar-refractivity contribution in [3.63, 3.8) is 0 Å². The van der Waals surface area contributed by atoms with Gasteiger partial charge in [-0.25, -0.2) is 4.79 Å². The van der Waals surface area contributed by atoms with Crippen LogP contribution in [0.2, 0.25) is 0 Å². The van der Waals surface area contributed by atoms with Gasteiger partial charge in [-0.3, -0.25) is 5.10 Å². The van der Waals surface area contributed by atoms with E-state index in [9.17, 15) is 4.79 Å². The zero-order chi connectivity index (χ0) is 8.43. The topological polar surface area (TPSA) is 92.0 Å². The monoisotopic (exact) mass is 155 g/mol. The average molecular weight is 155 g/mol. The molecule has 0 aliphatic rings. The number of aromatic carboxylic acids is 1. The fourth-order valence-corrected chi connectivity index (χ4v) is 0.819. The minimum Gasteiger partial charge on any atom is -0.476 e. The third-order valence-corrected chi connectivity index (χ3v) is 1.44. The number of carboxylic acid groups (broad SMARTS) is 1. The molecular formula is C6H9N3O2. The number of nitrogens with two attached hydrogens (primary N) is 1. The quantitative estimate of drug-likeness (QED) is 0.570. The maximum Gasteiger partial charge on any atom is 0.358 e. The molecule has 0 aliphatic heterocycles. The molecule has 11 heavy (non-hydrogen) atoms. The normalized spacial score (nSPS) is 9.91. The Bertz CT molecular complexity index is 279. The van der Waals surface area contributed by atoms with E-state index in [2.05, 4.69) is 10.2 Å². The fourth-order valence-electron chi connectivity index (χ4n) is 0.819. The summed E-state index contributed by atoms with van der Waals surface area (Å²) < 4.78 is 0. The summed E-state index contributed by atoms with van der Waals surface area (Å²) in [6, 6.07) is 0. The summed E-state index contributed by atoms with van der Waals surface area (Å²) in [7, 11) is 0. The van der Waals surface area contributed by atoms with Gasteiger partial charge >= 0.3 is 5.97 Å². The van der Waals surface area contributed by atoms with Gasteiger partial charge in [-0.2, -0.15) is 5.10 Å². The lowest BCUT2D eigenvalue weighted by Gasteiger charge is -1.91. The second-order valence-corrected chi connectivity index (χ2v) is 2.12. The predicted octanol–water partition coefficient (Wildman–Crippen LogP) is 0.253. The van der Waals surface area contributed by atoms with E-state index in [0.717, 1.165) is 0 Å². The van der Waals surface area contributed by atoms with Gasteiger partial charge in [0.25, 0.3) is 0 Å². The van der Waals surface area contributed by atoms with Crippen molar-refractivity contribution in [2.24, 2.45) is 0 Å². The van der Waals surface area contributed by atoms with Crippen LogP contribution in [0.3, 0.4) is 0 Å². The van der Waals surface area contributed by atoms with Gasteiger partial charge in [-0.15, -0.1) is 0 Å². The molecule has 0 unspecified atom stereocenters. The summed E-state index contributed by atoms with van der Waals surface area (Å²) in [5, 5.41) is 14.6. The lowest BCUT2D eigenvalue weighted by molar-refractivity contribution is 0.0691. The van der Waals surface area contributed by atoms with Crippen molar-refractivity contribution in [3.8, 4) is 0 Å². The molecular weight excluding hydrogens is 146 g/mol. The molecule has 0 radical (unpaired) electrons. The number of hydrogen-bond acceptors (Lipinski definition) is 3. The molecule has 0 saturated heterocycles. The molecule has 0 aliphatic carbocycles. The largest absolute Gasteiger partial charge is 0.476 e. The fraction of sp³-hybridized carbons (Fsp3) is 0.333. The van der Waals surface area contributed by atoms with Gasteiger partial charge in [0.2, 0.25) is 0 Å². The second kappa shape index (κ2) is 2.61. The summed E-state index contributed by atoms with van der Waals surface area (Å²) in [6.45, 7) is 1.87. The molecule has 0 aromatic carbocycles. The van der Waals surface area contributed by atoms with Crippen molar-refractivity contribution < 1.29 is 9.90 Å². The van der Waals surface area contributed by atoms with Crippen molar-refractivity contribution in [2.45, 2.75) is 13.3 Å². The number of nitrogen functional groups attached to an aromatic ring is 1. The molecule has 0 fully saturated rings. The van der Waals surface area contributed by atoms with Crippen molar-refractivity contribution in [1.29, 1.82) is 0 Å². The molecule has 5 nitrogen and oxygen atoms in total. The molecule has 60 valence electrons. The molecule has 5 heteroatoms. The first-order valence-corrected chi connectivity index (χ1v) is 3.22. The molecule has 1 aromatic heterocycles. The number of aromatic amines is 1. The van der Waals surface area contributed by atoms with E-state index in [-0.39, 0.29) is 11.4 Å². The Hall–Kier alpha value is -1.52. The molecule has 0 spiro atoms. The van der Waals surface area contributed by atoms with E-state index in [1.165, 1.54) is 0 Å². The smallest absolute Gasteiger partial charge is 0.358 e. The SMILES string of the molecule is CCc1[nH]nc(C(=O)O)c1N. The summed E-state index contributed by atoms with van der Waals surface area (Å²) in [4.78, 5) is 10.4. The van der Waals surface area contributed by atoms with E-state index in [0.29, 0.717) is 12.1 Å². The Morgan fingerprint density at radius 3 is 2.73 bits per heavy atom. The Morgan fingerprint density at radius 1 is 1.82 bits per heavy atom. The molecule has 0 bridgehead atoms. The summed E-state index contributed by atoms with van der Waals surface area (Å²) in [6.07, 6.45) is 0.659. The molecule has 1 rings (SSSR count). The highest BCUT2D eigenvalue weighted by Crippen LogP contribution is 2.13. The van der Waals surface area contributed by atoms with Crippen LogP contribution in [0.15, 0.2) is 0 Å². The van der Waals surface area contributed by atoms with Crippen LogP contribution >= 0.6 is 0 Å². The Kier molecular flexibility index (Phi) is 1.80. The Morgan fingerprint density at radius 2 is 2.45 bits per heavy atom. The van der Waals surface area contributed by atoms with Crippen LogP contribution < -0.4 is 5.73 Å². The van der Waals surface area contributed by atoms with Gasteiger partial charge in [0.05, 0.1) is 11.4 Å². The number of aromatic nitrogens is 2. The van der Waals surface area contributed by atoms with Gasteiger partial charge < -0.3 is 10.8 Å². The minimum absolute atomic E-state index is 0.0955. The second-order valence-electron chi connectivity index (χ2n) is 2.12. The Labute approximate surface area is 63.2 Å². The van der Waals surface area contributed by atoms with E-state index < -0.39 is 5.97 Å². The lowest BCUT2D eigenvalue weighted by atomic mass is 10.2. The molecule has 1 heterocycles.